The summed E-state index contributed by atoms with van der Waals surface area (Å²) in [5.74, 6) is -0.350. The lowest BCUT2D eigenvalue weighted by molar-refractivity contribution is -0.138. The van der Waals surface area contributed by atoms with Gasteiger partial charge in [-0.15, -0.1) is 0 Å². The number of nitrogens with one attached hydrogen (secondary N) is 1. The van der Waals surface area contributed by atoms with Crippen LogP contribution < -0.4 is 10.1 Å². The highest BCUT2D eigenvalue weighted by molar-refractivity contribution is 9.10. The van der Waals surface area contributed by atoms with Gasteiger partial charge in [0.05, 0.1) is 12.8 Å². The Hall–Kier alpha value is -2.01. The standard InChI is InChI=1S/C16H16BrNO3/c1-10-7-8-11(12(17)9-10)15(16(19)20)18-13-5-3-4-6-14(13)21-2/h3-9,15,18H,1-2H3,(H,19,20). The molecule has 1 unspecified atom stereocenters. The Balaban J connectivity index is 2.38. The van der Waals surface area contributed by atoms with Gasteiger partial charge in [-0.2, -0.15) is 0 Å². The summed E-state index contributed by atoms with van der Waals surface area (Å²) in [7, 11) is 1.55. The number of hydrogen-bond donors (Lipinski definition) is 2. The molecule has 0 aliphatic rings. The lowest BCUT2D eigenvalue weighted by Crippen LogP contribution is -2.21. The van der Waals surface area contributed by atoms with Crippen molar-refractivity contribution in [3.63, 3.8) is 0 Å². The second-order valence-corrected chi connectivity index (χ2v) is 5.50. The van der Waals surface area contributed by atoms with Crippen LogP contribution in [0.1, 0.15) is 17.2 Å². The SMILES string of the molecule is COc1ccccc1NC(C(=O)O)c1ccc(C)cc1Br. The van der Waals surface area contributed by atoms with E-state index >= 15 is 0 Å². The zero-order chi connectivity index (χ0) is 15.4. The molecule has 0 saturated heterocycles. The van der Waals surface area contributed by atoms with Gasteiger partial charge in [0.25, 0.3) is 0 Å². The molecular formula is C16H16BrNO3. The molecule has 0 aromatic heterocycles. The molecule has 2 aromatic carbocycles. The number of methoxy groups -OCH3 is 1. The topological polar surface area (TPSA) is 58.6 Å². The summed E-state index contributed by atoms with van der Waals surface area (Å²) in [6, 6.07) is 12.0. The Kier molecular flexibility index (Phi) is 4.85. The molecule has 2 aromatic rings. The first-order valence-electron chi connectivity index (χ1n) is 6.41. The molecule has 0 amide bonds. The van der Waals surface area contributed by atoms with Crippen molar-refractivity contribution in [1.82, 2.24) is 0 Å². The number of aliphatic carboxylic acids is 1. The predicted octanol–water partition coefficient (Wildman–Crippen LogP) is 4.00. The smallest absolute Gasteiger partial charge is 0.330 e. The maximum absolute atomic E-state index is 11.6. The number of carboxylic acids is 1. The monoisotopic (exact) mass is 349 g/mol. The number of carbonyl (C=O) groups is 1. The van der Waals surface area contributed by atoms with Gasteiger partial charge in [-0.1, -0.05) is 40.2 Å². The summed E-state index contributed by atoms with van der Waals surface area (Å²) in [6.45, 7) is 1.96. The predicted molar refractivity (Wildman–Crippen MR) is 85.9 cm³/mol. The van der Waals surface area contributed by atoms with Gasteiger partial charge in [0, 0.05) is 4.47 Å². The highest BCUT2D eigenvalue weighted by Crippen LogP contribution is 2.31. The average Bonchev–Trinajstić information content (AvgIpc) is 2.45. The number of hydrogen-bond acceptors (Lipinski definition) is 3. The minimum atomic E-state index is -0.953. The van der Waals surface area contributed by atoms with E-state index in [4.69, 9.17) is 4.74 Å². The zero-order valence-electron chi connectivity index (χ0n) is 11.8. The Morgan fingerprint density at radius 1 is 1.29 bits per heavy atom. The van der Waals surface area contributed by atoms with E-state index in [1.54, 1.807) is 25.3 Å². The van der Waals surface area contributed by atoms with Crippen LogP contribution in [0.5, 0.6) is 5.75 Å². The summed E-state index contributed by atoms with van der Waals surface area (Å²) in [5.41, 5.74) is 2.37. The third-order valence-electron chi connectivity index (χ3n) is 3.12. The second kappa shape index (κ2) is 6.63. The average molecular weight is 350 g/mol. The van der Waals surface area contributed by atoms with Crippen LogP contribution in [0, 0.1) is 6.92 Å². The van der Waals surface area contributed by atoms with Gasteiger partial charge in [0.15, 0.2) is 6.04 Å². The quantitative estimate of drug-likeness (QED) is 0.856. The van der Waals surface area contributed by atoms with Crippen molar-refractivity contribution in [3.05, 3.63) is 58.1 Å². The van der Waals surface area contributed by atoms with E-state index in [2.05, 4.69) is 21.2 Å². The van der Waals surface area contributed by atoms with E-state index < -0.39 is 12.0 Å². The molecule has 0 bridgehead atoms. The molecule has 2 rings (SSSR count). The molecule has 0 fully saturated rings. The lowest BCUT2D eigenvalue weighted by atomic mass is 10.0. The molecule has 0 heterocycles. The largest absolute Gasteiger partial charge is 0.495 e. The van der Waals surface area contributed by atoms with Crippen molar-refractivity contribution in [2.45, 2.75) is 13.0 Å². The van der Waals surface area contributed by atoms with E-state index in [-0.39, 0.29) is 0 Å². The molecule has 21 heavy (non-hydrogen) atoms. The van der Waals surface area contributed by atoms with Crippen LogP contribution in [0.15, 0.2) is 46.9 Å². The minimum absolute atomic E-state index is 0.604. The van der Waals surface area contributed by atoms with Gasteiger partial charge in [0.2, 0.25) is 0 Å². The highest BCUT2D eigenvalue weighted by Gasteiger charge is 2.23. The van der Waals surface area contributed by atoms with E-state index in [0.29, 0.717) is 17.0 Å². The van der Waals surface area contributed by atoms with Gasteiger partial charge < -0.3 is 15.2 Å². The van der Waals surface area contributed by atoms with Crippen LogP contribution in [-0.4, -0.2) is 18.2 Å². The third kappa shape index (κ3) is 3.55. The first-order chi connectivity index (χ1) is 10.0. The number of ether oxygens (including phenoxy) is 1. The summed E-state index contributed by atoms with van der Waals surface area (Å²) in [6.07, 6.45) is 0. The van der Waals surface area contributed by atoms with E-state index in [1.807, 2.05) is 31.2 Å². The van der Waals surface area contributed by atoms with Gasteiger partial charge >= 0.3 is 5.97 Å². The van der Waals surface area contributed by atoms with E-state index in [9.17, 15) is 9.90 Å². The molecular weight excluding hydrogens is 334 g/mol. The zero-order valence-corrected chi connectivity index (χ0v) is 13.3. The maximum Gasteiger partial charge on any atom is 0.330 e. The van der Waals surface area contributed by atoms with Crippen molar-refractivity contribution < 1.29 is 14.6 Å². The van der Waals surface area contributed by atoms with Gasteiger partial charge in [-0.25, -0.2) is 4.79 Å². The molecule has 1 atom stereocenters. The first-order valence-corrected chi connectivity index (χ1v) is 7.20. The number of anilines is 1. The van der Waals surface area contributed by atoms with Gasteiger partial charge in [-0.05, 0) is 36.2 Å². The molecule has 0 aliphatic carbocycles. The maximum atomic E-state index is 11.6. The van der Waals surface area contributed by atoms with Crippen LogP contribution in [0.3, 0.4) is 0 Å². The summed E-state index contributed by atoms with van der Waals surface area (Å²) >= 11 is 3.43. The number of rotatable bonds is 5. The number of aryl methyl sites for hydroxylation is 1. The van der Waals surface area contributed by atoms with Gasteiger partial charge in [-0.3, -0.25) is 0 Å². The molecule has 0 aliphatic heterocycles. The van der Waals surface area contributed by atoms with Crippen molar-refractivity contribution in [1.29, 1.82) is 0 Å². The number of halogens is 1. The van der Waals surface area contributed by atoms with Crippen molar-refractivity contribution in [3.8, 4) is 5.75 Å². The van der Waals surface area contributed by atoms with Gasteiger partial charge in [0.1, 0.15) is 5.75 Å². The summed E-state index contributed by atoms with van der Waals surface area (Å²) < 4.78 is 6.01. The normalized spacial score (nSPS) is 11.8. The summed E-state index contributed by atoms with van der Waals surface area (Å²) in [5, 5.41) is 12.5. The van der Waals surface area contributed by atoms with Crippen molar-refractivity contribution in [2.24, 2.45) is 0 Å². The molecule has 4 nitrogen and oxygen atoms in total. The fraction of sp³-hybridized carbons (Fsp3) is 0.188. The third-order valence-corrected chi connectivity index (χ3v) is 3.81. The number of para-hydroxylation sites is 2. The molecule has 5 heteroatoms. The fourth-order valence-electron chi connectivity index (χ4n) is 2.06. The van der Waals surface area contributed by atoms with Crippen LogP contribution in [0.2, 0.25) is 0 Å². The van der Waals surface area contributed by atoms with E-state index in [0.717, 1.165) is 10.0 Å². The molecule has 2 N–H and O–H groups in total. The lowest BCUT2D eigenvalue weighted by Gasteiger charge is -2.19. The second-order valence-electron chi connectivity index (χ2n) is 4.64. The number of benzene rings is 2. The van der Waals surface area contributed by atoms with Crippen molar-refractivity contribution >= 4 is 27.6 Å². The van der Waals surface area contributed by atoms with Crippen LogP contribution in [-0.2, 0) is 4.79 Å². The van der Waals surface area contributed by atoms with Crippen molar-refractivity contribution in [2.75, 3.05) is 12.4 Å². The minimum Gasteiger partial charge on any atom is -0.495 e. The Morgan fingerprint density at radius 3 is 2.62 bits per heavy atom. The Morgan fingerprint density at radius 2 is 2.00 bits per heavy atom. The first kappa shape index (κ1) is 15.4. The number of carboxylic acid groups (broad SMARTS) is 1. The summed E-state index contributed by atoms with van der Waals surface area (Å²) in [4.78, 5) is 11.6. The van der Waals surface area contributed by atoms with Crippen LogP contribution >= 0.6 is 15.9 Å². The molecule has 0 radical (unpaired) electrons. The molecule has 0 saturated carbocycles. The van der Waals surface area contributed by atoms with Crippen LogP contribution in [0.4, 0.5) is 5.69 Å². The van der Waals surface area contributed by atoms with E-state index in [1.165, 1.54) is 0 Å². The Bertz CT molecular complexity index is 658. The van der Waals surface area contributed by atoms with Crippen LogP contribution in [0.25, 0.3) is 0 Å². The molecule has 0 spiro atoms. The highest BCUT2D eigenvalue weighted by atomic mass is 79.9. The Labute approximate surface area is 131 Å². The molecule has 110 valence electrons. The fourth-order valence-corrected chi connectivity index (χ4v) is 2.78.